The molecule has 0 spiro atoms. The van der Waals surface area contributed by atoms with Gasteiger partial charge in [-0.05, 0) is 30.7 Å². The predicted octanol–water partition coefficient (Wildman–Crippen LogP) is 5.91. The zero-order chi connectivity index (χ0) is 22.4. The molecule has 0 bridgehead atoms. The number of amides is 1. The van der Waals surface area contributed by atoms with Crippen LogP contribution in [0.1, 0.15) is 35.4 Å². The Balaban J connectivity index is 1.18. The van der Waals surface area contributed by atoms with E-state index in [1.807, 2.05) is 53.4 Å². The van der Waals surface area contributed by atoms with Gasteiger partial charge in [-0.3, -0.25) is 4.79 Å². The average molecular weight is 457 g/mol. The highest BCUT2D eigenvalue weighted by Gasteiger charge is 2.36. The number of hydrogen-bond donors (Lipinski definition) is 0. The van der Waals surface area contributed by atoms with Gasteiger partial charge in [0.25, 0.3) is 5.19 Å². The van der Waals surface area contributed by atoms with Gasteiger partial charge < -0.3 is 14.4 Å². The standard InChI is InChI=1S/C27H24N2O3S/c1-17-7-6-12-23-25(17)28-27(33-23)31-18-13-15-29(16-14-18)26(30)24-19-8-2-4-10-21(19)32-22-11-5-3-9-20(22)24/h2-12,18,24H,13-16H2,1H3. The van der Waals surface area contributed by atoms with E-state index in [2.05, 4.69) is 30.1 Å². The van der Waals surface area contributed by atoms with Crippen molar-refractivity contribution in [2.45, 2.75) is 31.8 Å². The topological polar surface area (TPSA) is 51.7 Å². The Morgan fingerprint density at radius 3 is 2.30 bits per heavy atom. The van der Waals surface area contributed by atoms with Crippen LogP contribution < -0.4 is 9.47 Å². The van der Waals surface area contributed by atoms with Crippen molar-refractivity contribution in [3.63, 3.8) is 0 Å². The highest BCUT2D eigenvalue weighted by atomic mass is 32.1. The molecule has 1 saturated heterocycles. The van der Waals surface area contributed by atoms with Crippen molar-refractivity contribution in [2.24, 2.45) is 0 Å². The molecule has 3 heterocycles. The van der Waals surface area contributed by atoms with Crippen molar-refractivity contribution in [2.75, 3.05) is 13.1 Å². The van der Waals surface area contributed by atoms with Crippen molar-refractivity contribution in [1.29, 1.82) is 0 Å². The van der Waals surface area contributed by atoms with Gasteiger partial charge in [0.2, 0.25) is 5.91 Å². The zero-order valence-electron chi connectivity index (χ0n) is 18.4. The van der Waals surface area contributed by atoms with Crippen molar-refractivity contribution in [3.8, 4) is 16.7 Å². The average Bonchev–Trinajstić information content (AvgIpc) is 3.26. The smallest absolute Gasteiger partial charge is 0.274 e. The molecule has 0 aliphatic carbocycles. The molecule has 6 rings (SSSR count). The molecule has 2 aliphatic rings. The third-order valence-electron chi connectivity index (χ3n) is 6.55. The van der Waals surface area contributed by atoms with Crippen LogP contribution in [-0.2, 0) is 4.79 Å². The third kappa shape index (κ3) is 3.64. The number of ether oxygens (including phenoxy) is 2. The Morgan fingerprint density at radius 2 is 1.64 bits per heavy atom. The first-order valence-electron chi connectivity index (χ1n) is 11.3. The Morgan fingerprint density at radius 1 is 0.970 bits per heavy atom. The van der Waals surface area contributed by atoms with Crippen LogP contribution in [0.2, 0.25) is 0 Å². The number of carbonyl (C=O) groups is 1. The van der Waals surface area contributed by atoms with Crippen molar-refractivity contribution < 1.29 is 14.3 Å². The summed E-state index contributed by atoms with van der Waals surface area (Å²) in [4.78, 5) is 20.4. The van der Waals surface area contributed by atoms with Gasteiger partial charge in [0.15, 0.2) is 0 Å². The molecule has 1 aromatic heterocycles. The quantitative estimate of drug-likeness (QED) is 0.384. The summed E-state index contributed by atoms with van der Waals surface area (Å²) in [7, 11) is 0. The minimum atomic E-state index is -0.337. The van der Waals surface area contributed by atoms with E-state index in [0.717, 1.165) is 56.4 Å². The maximum Gasteiger partial charge on any atom is 0.274 e. The Hall–Kier alpha value is -3.38. The Kier molecular flexibility index (Phi) is 5.03. The van der Waals surface area contributed by atoms with Crippen LogP contribution in [0, 0.1) is 6.92 Å². The van der Waals surface area contributed by atoms with E-state index in [1.165, 1.54) is 0 Å². The van der Waals surface area contributed by atoms with Gasteiger partial charge >= 0.3 is 0 Å². The minimum absolute atomic E-state index is 0.0733. The fourth-order valence-electron chi connectivity index (χ4n) is 4.81. The zero-order valence-corrected chi connectivity index (χ0v) is 19.2. The summed E-state index contributed by atoms with van der Waals surface area (Å²) < 4.78 is 13.4. The molecule has 0 unspecified atom stereocenters. The summed E-state index contributed by atoms with van der Waals surface area (Å²) >= 11 is 1.59. The first kappa shape index (κ1) is 20.2. The number of carbonyl (C=O) groups excluding carboxylic acids is 1. The Bertz CT molecular complexity index is 1290. The molecule has 0 N–H and O–H groups in total. The van der Waals surface area contributed by atoms with Crippen LogP contribution in [-0.4, -0.2) is 35.0 Å². The molecular weight excluding hydrogens is 432 g/mol. The summed E-state index contributed by atoms with van der Waals surface area (Å²) in [5.41, 5.74) is 4.05. The van der Waals surface area contributed by atoms with E-state index in [0.29, 0.717) is 13.1 Å². The lowest BCUT2D eigenvalue weighted by molar-refractivity contribution is -0.133. The number of likely N-dealkylation sites (tertiary alicyclic amines) is 1. The number of aryl methyl sites for hydroxylation is 1. The molecule has 1 fully saturated rings. The van der Waals surface area contributed by atoms with Crippen molar-refractivity contribution in [1.82, 2.24) is 9.88 Å². The second-order valence-electron chi connectivity index (χ2n) is 8.65. The second-order valence-corrected chi connectivity index (χ2v) is 9.65. The molecule has 0 saturated carbocycles. The van der Waals surface area contributed by atoms with Crippen LogP contribution in [0.25, 0.3) is 10.2 Å². The van der Waals surface area contributed by atoms with Crippen LogP contribution in [0.4, 0.5) is 0 Å². The number of thiazole rings is 1. The number of hydrogen-bond acceptors (Lipinski definition) is 5. The lowest BCUT2D eigenvalue weighted by Crippen LogP contribution is -2.44. The predicted molar refractivity (Wildman–Crippen MR) is 129 cm³/mol. The molecule has 2 aliphatic heterocycles. The van der Waals surface area contributed by atoms with E-state index in [1.54, 1.807) is 11.3 Å². The number of piperidine rings is 1. The molecule has 33 heavy (non-hydrogen) atoms. The summed E-state index contributed by atoms with van der Waals surface area (Å²) in [6, 6.07) is 21.9. The third-order valence-corrected chi connectivity index (χ3v) is 7.46. The van der Waals surface area contributed by atoms with E-state index in [4.69, 9.17) is 9.47 Å². The van der Waals surface area contributed by atoms with Crippen molar-refractivity contribution >= 4 is 27.5 Å². The van der Waals surface area contributed by atoms with Gasteiger partial charge in [-0.15, -0.1) is 0 Å². The van der Waals surface area contributed by atoms with Gasteiger partial charge in [-0.1, -0.05) is 59.9 Å². The largest absolute Gasteiger partial charge is 0.467 e. The van der Waals surface area contributed by atoms with Crippen LogP contribution in [0.3, 0.4) is 0 Å². The van der Waals surface area contributed by atoms with Crippen LogP contribution in [0.5, 0.6) is 16.7 Å². The number of aromatic nitrogens is 1. The second kappa shape index (κ2) is 8.19. The normalized spacial score (nSPS) is 16.2. The number of rotatable bonds is 3. The minimum Gasteiger partial charge on any atom is -0.467 e. The van der Waals surface area contributed by atoms with E-state index in [-0.39, 0.29) is 17.9 Å². The molecule has 6 heteroatoms. The van der Waals surface area contributed by atoms with Gasteiger partial charge in [0.1, 0.15) is 17.6 Å². The Labute approximate surface area is 196 Å². The molecular formula is C27H24N2O3S. The van der Waals surface area contributed by atoms with Gasteiger partial charge in [-0.25, -0.2) is 4.98 Å². The first-order valence-corrected chi connectivity index (χ1v) is 12.2. The number of benzene rings is 3. The lowest BCUT2D eigenvalue weighted by Gasteiger charge is -2.36. The molecule has 4 aromatic rings. The molecule has 0 radical (unpaired) electrons. The summed E-state index contributed by atoms with van der Waals surface area (Å²) in [6.45, 7) is 3.42. The number of nitrogens with zero attached hydrogens (tertiary/aromatic N) is 2. The van der Waals surface area contributed by atoms with Gasteiger partial charge in [-0.2, -0.15) is 0 Å². The van der Waals surface area contributed by atoms with E-state index in [9.17, 15) is 4.79 Å². The van der Waals surface area contributed by atoms with Crippen LogP contribution >= 0.6 is 11.3 Å². The molecule has 5 nitrogen and oxygen atoms in total. The number of para-hydroxylation sites is 3. The summed E-state index contributed by atoms with van der Waals surface area (Å²) in [5.74, 6) is 1.32. The van der Waals surface area contributed by atoms with Gasteiger partial charge in [0, 0.05) is 37.1 Å². The number of fused-ring (bicyclic) bond motifs is 3. The van der Waals surface area contributed by atoms with Gasteiger partial charge in [0.05, 0.1) is 16.1 Å². The maximum atomic E-state index is 13.7. The summed E-state index contributed by atoms with van der Waals surface area (Å²) in [6.07, 6.45) is 1.67. The first-order chi connectivity index (χ1) is 16.2. The highest BCUT2D eigenvalue weighted by molar-refractivity contribution is 7.20. The van der Waals surface area contributed by atoms with Crippen molar-refractivity contribution in [3.05, 3.63) is 83.4 Å². The monoisotopic (exact) mass is 456 g/mol. The van der Waals surface area contributed by atoms with E-state index >= 15 is 0 Å². The molecule has 3 aromatic carbocycles. The van der Waals surface area contributed by atoms with E-state index < -0.39 is 0 Å². The lowest BCUT2D eigenvalue weighted by atomic mass is 9.86. The SMILES string of the molecule is Cc1cccc2sc(OC3CCN(C(=O)C4c5ccccc5Oc5ccccc54)CC3)nc12. The highest BCUT2D eigenvalue weighted by Crippen LogP contribution is 2.45. The maximum absolute atomic E-state index is 13.7. The molecule has 166 valence electrons. The summed E-state index contributed by atoms with van der Waals surface area (Å²) in [5, 5.41) is 0.719. The molecule has 1 amide bonds. The fraction of sp³-hybridized carbons (Fsp3) is 0.259. The fourth-order valence-corrected chi connectivity index (χ4v) is 5.77. The van der Waals surface area contributed by atoms with Crippen LogP contribution in [0.15, 0.2) is 66.7 Å². The molecule has 0 atom stereocenters.